The largest absolute Gasteiger partial charge is 0.416 e. The monoisotopic (exact) mass is 458 g/mol. The number of piperazine rings is 1. The third-order valence-electron chi connectivity index (χ3n) is 5.66. The Hall–Kier alpha value is -2.39. The molecule has 0 amide bonds. The minimum absolute atomic E-state index is 0.110. The van der Waals surface area contributed by atoms with Crippen LogP contribution >= 0.6 is 0 Å². The van der Waals surface area contributed by atoms with Crippen molar-refractivity contribution in [3.05, 3.63) is 70.3 Å². The molecule has 0 radical (unpaired) electrons. The van der Waals surface area contributed by atoms with Crippen LogP contribution in [-0.4, -0.2) is 48.3 Å². The van der Waals surface area contributed by atoms with Crippen LogP contribution in [0.4, 0.5) is 26.3 Å². The number of alkyl halides is 6. The van der Waals surface area contributed by atoms with Gasteiger partial charge in [-0.3, -0.25) is 9.69 Å². The van der Waals surface area contributed by atoms with Gasteiger partial charge < -0.3 is 4.90 Å². The average Bonchev–Trinajstić information content (AvgIpc) is 2.74. The zero-order chi connectivity index (χ0) is 23.5. The van der Waals surface area contributed by atoms with Crippen molar-refractivity contribution in [2.45, 2.75) is 32.2 Å². The maximum absolute atomic E-state index is 13.7. The second-order valence-corrected chi connectivity index (χ2v) is 7.88. The Bertz CT molecular complexity index is 946. The third-order valence-corrected chi connectivity index (χ3v) is 5.66. The molecule has 0 aliphatic carbocycles. The number of hydrogen-bond acceptors (Lipinski definition) is 3. The van der Waals surface area contributed by atoms with E-state index < -0.39 is 35.7 Å². The number of benzene rings is 2. The number of carbonyl (C=O) groups is 1. The van der Waals surface area contributed by atoms with Gasteiger partial charge in [0, 0.05) is 44.7 Å². The molecule has 0 saturated carbocycles. The van der Waals surface area contributed by atoms with E-state index in [1.807, 2.05) is 11.8 Å². The lowest BCUT2D eigenvalue weighted by molar-refractivity contribution is -0.139. The number of halogens is 6. The molecular formula is C23H24F6N2O. The third kappa shape index (κ3) is 6.10. The smallest absolute Gasteiger partial charge is 0.301 e. The number of rotatable bonds is 6. The van der Waals surface area contributed by atoms with Crippen LogP contribution in [0.5, 0.6) is 0 Å². The van der Waals surface area contributed by atoms with E-state index in [0.717, 1.165) is 43.9 Å². The van der Waals surface area contributed by atoms with Gasteiger partial charge in [-0.25, -0.2) is 0 Å². The second kappa shape index (κ2) is 9.62. The van der Waals surface area contributed by atoms with Gasteiger partial charge in [0.05, 0.1) is 11.1 Å². The number of hydrogen-bond donors (Lipinski definition) is 0. The van der Waals surface area contributed by atoms with Crippen LogP contribution in [0, 0.1) is 0 Å². The Kier molecular flexibility index (Phi) is 7.29. The van der Waals surface area contributed by atoms with Gasteiger partial charge in [0.15, 0.2) is 5.78 Å². The second-order valence-electron chi connectivity index (χ2n) is 7.88. The van der Waals surface area contributed by atoms with E-state index in [4.69, 9.17) is 0 Å². The van der Waals surface area contributed by atoms with Gasteiger partial charge >= 0.3 is 12.4 Å². The highest BCUT2D eigenvalue weighted by molar-refractivity contribution is 5.97. The lowest BCUT2D eigenvalue weighted by Crippen LogP contribution is -2.45. The first kappa shape index (κ1) is 24.3. The molecule has 32 heavy (non-hydrogen) atoms. The number of likely N-dealkylation sites (N-methyl/N-ethyl adjacent to an activating group) is 1. The van der Waals surface area contributed by atoms with E-state index in [1.165, 1.54) is 18.2 Å². The van der Waals surface area contributed by atoms with Gasteiger partial charge in [0.1, 0.15) is 0 Å². The first-order chi connectivity index (χ1) is 15.0. The van der Waals surface area contributed by atoms with Gasteiger partial charge in [-0.15, -0.1) is 0 Å². The molecule has 0 bridgehead atoms. The zero-order valence-electron chi connectivity index (χ0n) is 17.6. The van der Waals surface area contributed by atoms with Gasteiger partial charge in [0.2, 0.25) is 0 Å². The summed E-state index contributed by atoms with van der Waals surface area (Å²) in [6, 6.07) is 7.64. The molecule has 0 spiro atoms. The van der Waals surface area contributed by atoms with E-state index >= 15 is 0 Å². The Morgan fingerprint density at radius 3 is 2.12 bits per heavy atom. The molecule has 1 fully saturated rings. The van der Waals surface area contributed by atoms with Gasteiger partial charge in [-0.1, -0.05) is 31.2 Å². The molecule has 1 aliphatic heterocycles. The Balaban J connectivity index is 1.78. The average molecular weight is 458 g/mol. The van der Waals surface area contributed by atoms with Gasteiger partial charge in [0.25, 0.3) is 0 Å². The number of nitrogens with zero attached hydrogens (tertiary/aromatic N) is 2. The summed E-state index contributed by atoms with van der Waals surface area (Å²) in [4.78, 5) is 16.6. The minimum Gasteiger partial charge on any atom is -0.301 e. The minimum atomic E-state index is -4.61. The van der Waals surface area contributed by atoms with Gasteiger partial charge in [-0.05, 0) is 35.9 Å². The fourth-order valence-electron chi connectivity index (χ4n) is 3.80. The number of Topliss-reactive ketones (excluding diaryl/α,β-unsaturated/α-hetero) is 1. The first-order valence-electron chi connectivity index (χ1n) is 10.3. The molecule has 9 heteroatoms. The molecule has 0 N–H and O–H groups in total. The summed E-state index contributed by atoms with van der Waals surface area (Å²) in [6.07, 6.45) is -9.63. The molecular weight excluding hydrogens is 434 g/mol. The van der Waals surface area contributed by atoms with Crippen molar-refractivity contribution in [3.63, 3.8) is 0 Å². The first-order valence-corrected chi connectivity index (χ1v) is 10.3. The summed E-state index contributed by atoms with van der Waals surface area (Å²) in [7, 11) is 0. The van der Waals surface area contributed by atoms with E-state index in [0.29, 0.717) is 13.1 Å². The Morgan fingerprint density at radius 2 is 1.53 bits per heavy atom. The van der Waals surface area contributed by atoms with E-state index in [-0.39, 0.29) is 23.2 Å². The highest BCUT2D eigenvalue weighted by Crippen LogP contribution is 2.34. The maximum Gasteiger partial charge on any atom is 0.416 e. The molecule has 174 valence electrons. The van der Waals surface area contributed by atoms with Crippen molar-refractivity contribution in [1.82, 2.24) is 9.80 Å². The fourth-order valence-corrected chi connectivity index (χ4v) is 3.80. The normalized spacial score (nSPS) is 16.3. The summed E-state index contributed by atoms with van der Waals surface area (Å²) in [5.41, 5.74) is -1.74. The summed E-state index contributed by atoms with van der Waals surface area (Å²) < 4.78 is 79.8. The topological polar surface area (TPSA) is 23.6 Å². The molecule has 2 aromatic rings. The van der Waals surface area contributed by atoms with Crippen LogP contribution in [0.2, 0.25) is 0 Å². The van der Waals surface area contributed by atoms with Crippen molar-refractivity contribution >= 4 is 5.78 Å². The predicted molar refractivity (Wildman–Crippen MR) is 108 cm³/mol. The number of ketones is 1. The SMILES string of the molecule is CCN1CCN(Cc2ccc(CC(=O)c3cccc(C(F)(F)F)c3)cc2C(F)(F)F)CC1. The summed E-state index contributed by atoms with van der Waals surface area (Å²) in [6.45, 7) is 6.01. The van der Waals surface area contributed by atoms with Crippen molar-refractivity contribution < 1.29 is 31.1 Å². The summed E-state index contributed by atoms with van der Waals surface area (Å²) >= 11 is 0. The van der Waals surface area contributed by atoms with Gasteiger partial charge in [-0.2, -0.15) is 26.3 Å². The quantitative estimate of drug-likeness (QED) is 0.434. The molecule has 3 rings (SSSR count). The molecule has 2 aromatic carbocycles. The molecule has 1 heterocycles. The Labute approximate surface area is 182 Å². The molecule has 0 aromatic heterocycles. The molecule has 3 nitrogen and oxygen atoms in total. The highest BCUT2D eigenvalue weighted by Gasteiger charge is 2.34. The zero-order valence-corrected chi connectivity index (χ0v) is 17.6. The maximum atomic E-state index is 13.7. The lowest BCUT2D eigenvalue weighted by Gasteiger charge is -2.34. The van der Waals surface area contributed by atoms with Crippen LogP contribution in [0.3, 0.4) is 0 Å². The number of carbonyl (C=O) groups excluding carboxylic acids is 1. The Morgan fingerprint density at radius 1 is 0.875 bits per heavy atom. The fraction of sp³-hybridized carbons (Fsp3) is 0.435. The van der Waals surface area contributed by atoms with Crippen LogP contribution in [-0.2, 0) is 25.3 Å². The van der Waals surface area contributed by atoms with E-state index in [1.54, 1.807) is 0 Å². The van der Waals surface area contributed by atoms with Crippen molar-refractivity contribution in [2.75, 3.05) is 32.7 Å². The van der Waals surface area contributed by atoms with Crippen molar-refractivity contribution in [3.8, 4) is 0 Å². The van der Waals surface area contributed by atoms with Crippen LogP contribution in [0.1, 0.15) is 39.5 Å². The standard InChI is InChI=1S/C23H24F6N2O/c1-2-30-8-10-31(11-9-30)15-18-7-6-16(12-20(18)23(27,28)29)13-21(32)17-4-3-5-19(14-17)22(24,25)26/h3-7,12,14H,2,8-11,13,15H2,1H3. The van der Waals surface area contributed by atoms with Crippen molar-refractivity contribution in [1.29, 1.82) is 0 Å². The molecule has 1 saturated heterocycles. The summed E-state index contributed by atoms with van der Waals surface area (Å²) in [5, 5.41) is 0. The highest BCUT2D eigenvalue weighted by atomic mass is 19.4. The van der Waals surface area contributed by atoms with Crippen LogP contribution < -0.4 is 0 Å². The molecule has 1 aliphatic rings. The lowest BCUT2D eigenvalue weighted by atomic mass is 9.97. The predicted octanol–water partition coefficient (Wildman–Crippen LogP) is 5.29. The molecule has 0 unspecified atom stereocenters. The summed E-state index contributed by atoms with van der Waals surface area (Å²) in [5.74, 6) is -0.673. The van der Waals surface area contributed by atoms with E-state index in [2.05, 4.69) is 4.90 Å². The van der Waals surface area contributed by atoms with E-state index in [9.17, 15) is 31.1 Å². The van der Waals surface area contributed by atoms with Crippen molar-refractivity contribution in [2.24, 2.45) is 0 Å². The molecule has 0 atom stereocenters. The van der Waals surface area contributed by atoms with Crippen LogP contribution in [0.25, 0.3) is 0 Å². The van der Waals surface area contributed by atoms with Crippen LogP contribution in [0.15, 0.2) is 42.5 Å².